The van der Waals surface area contributed by atoms with E-state index >= 15 is 0 Å². The average Bonchev–Trinajstić information content (AvgIpc) is 3.06. The van der Waals surface area contributed by atoms with Crippen molar-refractivity contribution >= 4 is 18.0 Å². The van der Waals surface area contributed by atoms with Crippen LogP contribution in [0.25, 0.3) is 6.08 Å². The molecule has 0 radical (unpaired) electrons. The third-order valence-corrected chi connectivity index (χ3v) is 4.72. The zero-order valence-electron chi connectivity index (χ0n) is 14.3. The van der Waals surface area contributed by atoms with Gasteiger partial charge in [0, 0.05) is 25.8 Å². The molecule has 1 unspecified atom stereocenters. The van der Waals surface area contributed by atoms with Crippen LogP contribution in [0, 0.1) is 5.41 Å². The molecule has 1 amide bonds. The lowest BCUT2D eigenvalue weighted by molar-refractivity contribution is -0.151. The van der Waals surface area contributed by atoms with Crippen LogP contribution in [0.3, 0.4) is 0 Å². The minimum absolute atomic E-state index is 0.0850. The molecule has 2 aliphatic heterocycles. The average molecular weight is 347 g/mol. The molecule has 1 fully saturated rings. The topological polar surface area (TPSA) is 85.3 Å². The van der Waals surface area contributed by atoms with Gasteiger partial charge in [-0.1, -0.05) is 0 Å². The Morgan fingerprint density at radius 1 is 1.36 bits per heavy atom. The van der Waals surface area contributed by atoms with Crippen LogP contribution in [0.15, 0.2) is 23.8 Å². The Morgan fingerprint density at radius 3 is 2.84 bits per heavy atom. The van der Waals surface area contributed by atoms with E-state index in [0.717, 1.165) is 5.56 Å². The standard InChI is InChI=1S/C18H21NO6/c1-23-11-18(17(21)22)5-6-19(10-18)16(20)13-7-12-8-14(24-2)3-4-15(12)25-9-13/h3-4,7-8H,5-6,9-11H2,1-2H3,(H,21,22). The number of carbonyl (C=O) groups excluding carboxylic acids is 1. The van der Waals surface area contributed by atoms with Gasteiger partial charge in [-0.15, -0.1) is 0 Å². The first-order valence-electron chi connectivity index (χ1n) is 8.02. The van der Waals surface area contributed by atoms with Gasteiger partial charge in [0.25, 0.3) is 5.91 Å². The fourth-order valence-corrected chi connectivity index (χ4v) is 3.29. The van der Waals surface area contributed by atoms with Crippen LogP contribution in [0.2, 0.25) is 0 Å². The molecule has 7 nitrogen and oxygen atoms in total. The molecule has 1 aromatic carbocycles. The third-order valence-electron chi connectivity index (χ3n) is 4.72. The fraction of sp³-hybridized carbons (Fsp3) is 0.444. The van der Waals surface area contributed by atoms with Gasteiger partial charge in [0.2, 0.25) is 0 Å². The Morgan fingerprint density at radius 2 is 2.16 bits per heavy atom. The number of carbonyl (C=O) groups is 2. The highest BCUT2D eigenvalue weighted by atomic mass is 16.5. The molecule has 25 heavy (non-hydrogen) atoms. The summed E-state index contributed by atoms with van der Waals surface area (Å²) in [6.07, 6.45) is 2.15. The zero-order chi connectivity index (χ0) is 18.0. The second kappa shape index (κ2) is 6.76. The van der Waals surface area contributed by atoms with Crippen LogP contribution in [0.1, 0.15) is 12.0 Å². The predicted molar refractivity (Wildman–Crippen MR) is 89.6 cm³/mol. The van der Waals surface area contributed by atoms with Gasteiger partial charge in [0.15, 0.2) is 0 Å². The number of fused-ring (bicyclic) bond motifs is 1. The predicted octanol–water partition coefficient (Wildman–Crippen LogP) is 1.42. The number of nitrogens with zero attached hydrogens (tertiary/aromatic N) is 1. The number of likely N-dealkylation sites (tertiary alicyclic amines) is 1. The number of amides is 1. The number of carboxylic acid groups (broad SMARTS) is 1. The molecule has 0 bridgehead atoms. The first-order valence-corrected chi connectivity index (χ1v) is 8.02. The Kier molecular flexibility index (Phi) is 4.67. The minimum Gasteiger partial charge on any atom is -0.497 e. The molecule has 0 aromatic heterocycles. The molecular formula is C18H21NO6. The summed E-state index contributed by atoms with van der Waals surface area (Å²) in [5.41, 5.74) is 0.232. The van der Waals surface area contributed by atoms with Crippen molar-refractivity contribution in [2.45, 2.75) is 6.42 Å². The summed E-state index contributed by atoms with van der Waals surface area (Å²) in [5.74, 6) is 0.234. The first kappa shape index (κ1) is 17.3. The molecule has 3 rings (SSSR count). The SMILES string of the molecule is COCC1(C(=O)O)CCN(C(=O)C2=Cc3cc(OC)ccc3OC2)C1. The molecule has 134 valence electrons. The van der Waals surface area contributed by atoms with Crippen LogP contribution in [0.5, 0.6) is 11.5 Å². The normalized spacial score (nSPS) is 22.0. The smallest absolute Gasteiger partial charge is 0.313 e. The number of benzene rings is 1. The summed E-state index contributed by atoms with van der Waals surface area (Å²) in [6, 6.07) is 5.40. The van der Waals surface area contributed by atoms with E-state index < -0.39 is 11.4 Å². The molecule has 1 N–H and O–H groups in total. The van der Waals surface area contributed by atoms with Crippen molar-refractivity contribution in [3.63, 3.8) is 0 Å². The second-order valence-electron chi connectivity index (χ2n) is 6.36. The summed E-state index contributed by atoms with van der Waals surface area (Å²) in [7, 11) is 3.05. The van der Waals surface area contributed by atoms with E-state index in [1.54, 1.807) is 36.3 Å². The van der Waals surface area contributed by atoms with Crippen LogP contribution in [-0.4, -0.2) is 62.4 Å². The van der Waals surface area contributed by atoms with Crippen molar-refractivity contribution in [3.05, 3.63) is 29.3 Å². The maximum absolute atomic E-state index is 12.8. The molecule has 0 spiro atoms. The number of rotatable bonds is 5. The van der Waals surface area contributed by atoms with Crippen molar-refractivity contribution in [1.82, 2.24) is 4.90 Å². The fourth-order valence-electron chi connectivity index (χ4n) is 3.29. The molecule has 0 aliphatic carbocycles. The molecule has 1 aromatic rings. The highest BCUT2D eigenvalue weighted by Crippen LogP contribution is 2.34. The van der Waals surface area contributed by atoms with Gasteiger partial charge in [-0.05, 0) is 30.7 Å². The number of hydrogen-bond donors (Lipinski definition) is 1. The van der Waals surface area contributed by atoms with Crippen molar-refractivity contribution in [3.8, 4) is 11.5 Å². The van der Waals surface area contributed by atoms with E-state index in [0.29, 0.717) is 30.0 Å². The Hall–Kier alpha value is -2.54. The van der Waals surface area contributed by atoms with Crippen molar-refractivity contribution < 1.29 is 28.9 Å². The van der Waals surface area contributed by atoms with Crippen LogP contribution in [-0.2, 0) is 14.3 Å². The van der Waals surface area contributed by atoms with Crippen molar-refractivity contribution in [2.24, 2.45) is 5.41 Å². The van der Waals surface area contributed by atoms with Gasteiger partial charge in [0.05, 0.1) is 19.3 Å². The molecule has 2 aliphatic rings. The van der Waals surface area contributed by atoms with E-state index in [2.05, 4.69) is 0 Å². The lowest BCUT2D eigenvalue weighted by Crippen LogP contribution is -2.41. The number of methoxy groups -OCH3 is 2. The number of aliphatic carboxylic acids is 1. The highest BCUT2D eigenvalue weighted by Gasteiger charge is 2.46. The van der Waals surface area contributed by atoms with Gasteiger partial charge in [-0.2, -0.15) is 0 Å². The van der Waals surface area contributed by atoms with E-state index in [4.69, 9.17) is 14.2 Å². The number of hydrogen-bond acceptors (Lipinski definition) is 5. The maximum atomic E-state index is 12.8. The number of carboxylic acids is 1. The van der Waals surface area contributed by atoms with Crippen LogP contribution >= 0.6 is 0 Å². The highest BCUT2D eigenvalue weighted by molar-refractivity contribution is 5.99. The Labute approximate surface area is 145 Å². The zero-order valence-corrected chi connectivity index (χ0v) is 14.3. The summed E-state index contributed by atoms with van der Waals surface area (Å²) in [5, 5.41) is 9.52. The van der Waals surface area contributed by atoms with Crippen molar-refractivity contribution in [1.29, 1.82) is 0 Å². The largest absolute Gasteiger partial charge is 0.497 e. The molecule has 0 saturated carbocycles. The molecule has 1 saturated heterocycles. The van der Waals surface area contributed by atoms with Crippen molar-refractivity contribution in [2.75, 3.05) is 40.5 Å². The lowest BCUT2D eigenvalue weighted by atomic mass is 9.88. The third kappa shape index (κ3) is 3.19. The van der Waals surface area contributed by atoms with Gasteiger partial charge < -0.3 is 24.2 Å². The first-order chi connectivity index (χ1) is 12.0. The minimum atomic E-state index is -1.04. The molecule has 1 atom stereocenters. The maximum Gasteiger partial charge on any atom is 0.313 e. The van der Waals surface area contributed by atoms with Crippen LogP contribution in [0.4, 0.5) is 0 Å². The molecule has 2 heterocycles. The van der Waals surface area contributed by atoms with Crippen LogP contribution < -0.4 is 9.47 Å². The monoisotopic (exact) mass is 347 g/mol. The van der Waals surface area contributed by atoms with Gasteiger partial charge in [-0.25, -0.2) is 0 Å². The van der Waals surface area contributed by atoms with Gasteiger partial charge in [-0.3, -0.25) is 9.59 Å². The summed E-state index contributed by atoms with van der Waals surface area (Å²) in [6.45, 7) is 0.773. The van der Waals surface area contributed by atoms with E-state index in [-0.39, 0.29) is 25.7 Å². The summed E-state index contributed by atoms with van der Waals surface area (Å²) in [4.78, 5) is 26.0. The second-order valence-corrected chi connectivity index (χ2v) is 6.36. The summed E-state index contributed by atoms with van der Waals surface area (Å²) < 4.78 is 15.9. The van der Waals surface area contributed by atoms with Gasteiger partial charge >= 0.3 is 5.97 Å². The Balaban J connectivity index is 1.80. The molecular weight excluding hydrogens is 326 g/mol. The Bertz CT molecular complexity index is 728. The quantitative estimate of drug-likeness (QED) is 0.867. The van der Waals surface area contributed by atoms with E-state index in [9.17, 15) is 14.7 Å². The number of ether oxygens (including phenoxy) is 3. The summed E-state index contributed by atoms with van der Waals surface area (Å²) >= 11 is 0. The molecule has 7 heteroatoms. The van der Waals surface area contributed by atoms with Gasteiger partial charge in [0.1, 0.15) is 23.5 Å². The van der Waals surface area contributed by atoms with E-state index in [1.165, 1.54) is 7.11 Å². The lowest BCUT2D eigenvalue weighted by Gasteiger charge is -2.25. The van der Waals surface area contributed by atoms with E-state index in [1.807, 2.05) is 0 Å².